The topological polar surface area (TPSA) is 118 Å². The summed E-state index contributed by atoms with van der Waals surface area (Å²) in [4.78, 5) is 23.1. The molecule has 0 saturated heterocycles. The predicted molar refractivity (Wildman–Crippen MR) is 122 cm³/mol. The Morgan fingerprint density at radius 1 is 1.00 bits per heavy atom. The standard InChI is InChI=1S/C21H17Cl2N3O5S/c22-15-9-10-18(23)20(12-15)32(30,31)25-19(11-14-5-2-1-3-6-14)21(27)24-16-7-4-8-17(13-16)26(28)29/h1-10,12-13,19,25H,11H2,(H,24,27)/t19-/m1/s1. The number of hydrogen-bond acceptors (Lipinski definition) is 5. The molecule has 0 fully saturated rings. The second-order valence-corrected chi connectivity index (χ2v) is 9.26. The van der Waals surface area contributed by atoms with E-state index in [1.807, 2.05) is 0 Å². The van der Waals surface area contributed by atoms with Crippen molar-refractivity contribution in [3.63, 3.8) is 0 Å². The normalized spacial score (nSPS) is 12.2. The van der Waals surface area contributed by atoms with Crippen molar-refractivity contribution in [1.82, 2.24) is 4.72 Å². The van der Waals surface area contributed by atoms with Crippen LogP contribution in [-0.2, 0) is 21.2 Å². The first-order valence-corrected chi connectivity index (χ1v) is 11.5. The maximum Gasteiger partial charge on any atom is 0.271 e. The summed E-state index contributed by atoms with van der Waals surface area (Å²) in [5.41, 5.74) is 0.641. The van der Waals surface area contributed by atoms with Crippen LogP contribution in [0, 0.1) is 10.1 Å². The summed E-state index contributed by atoms with van der Waals surface area (Å²) in [5.74, 6) is -0.698. The van der Waals surface area contributed by atoms with Crippen LogP contribution < -0.4 is 10.0 Å². The van der Waals surface area contributed by atoms with Gasteiger partial charge in [-0.25, -0.2) is 8.42 Å². The number of rotatable bonds is 8. The van der Waals surface area contributed by atoms with Crippen molar-refractivity contribution in [3.8, 4) is 0 Å². The Balaban J connectivity index is 1.91. The molecule has 0 heterocycles. The number of carbonyl (C=O) groups excluding carboxylic acids is 1. The van der Waals surface area contributed by atoms with Crippen LogP contribution in [0.1, 0.15) is 5.56 Å². The number of nitro benzene ring substituents is 1. The molecule has 0 aromatic heterocycles. The second-order valence-electron chi connectivity index (χ2n) is 6.74. The van der Waals surface area contributed by atoms with Gasteiger partial charge in [0.05, 0.1) is 9.95 Å². The molecular formula is C21H17Cl2N3O5S. The summed E-state index contributed by atoms with van der Waals surface area (Å²) in [5, 5.41) is 13.6. The van der Waals surface area contributed by atoms with Crippen LogP contribution in [0.3, 0.4) is 0 Å². The molecular weight excluding hydrogens is 477 g/mol. The second kappa shape index (κ2) is 10.1. The van der Waals surface area contributed by atoms with Gasteiger partial charge in [-0.15, -0.1) is 0 Å². The van der Waals surface area contributed by atoms with Crippen LogP contribution in [0.2, 0.25) is 10.0 Å². The van der Waals surface area contributed by atoms with E-state index in [1.165, 1.54) is 42.5 Å². The third-order valence-corrected chi connectivity index (χ3v) is 6.59. The van der Waals surface area contributed by atoms with E-state index in [1.54, 1.807) is 30.3 Å². The van der Waals surface area contributed by atoms with E-state index < -0.39 is 26.9 Å². The van der Waals surface area contributed by atoms with Crippen LogP contribution in [0.25, 0.3) is 0 Å². The third-order valence-electron chi connectivity index (χ3n) is 4.40. The lowest BCUT2D eigenvalue weighted by atomic mass is 10.1. The van der Waals surface area contributed by atoms with Gasteiger partial charge in [-0.3, -0.25) is 14.9 Å². The molecule has 0 aliphatic rings. The Morgan fingerprint density at radius 2 is 1.72 bits per heavy atom. The monoisotopic (exact) mass is 493 g/mol. The Morgan fingerprint density at radius 3 is 2.41 bits per heavy atom. The summed E-state index contributed by atoms with van der Waals surface area (Å²) >= 11 is 12.0. The fraction of sp³-hybridized carbons (Fsp3) is 0.0952. The number of nitro groups is 1. The highest BCUT2D eigenvalue weighted by Gasteiger charge is 2.28. The van der Waals surface area contributed by atoms with E-state index in [2.05, 4.69) is 10.0 Å². The number of sulfonamides is 1. The summed E-state index contributed by atoms with van der Waals surface area (Å²) < 4.78 is 28.3. The molecule has 0 aliphatic carbocycles. The van der Waals surface area contributed by atoms with Gasteiger partial charge in [-0.2, -0.15) is 4.72 Å². The number of hydrogen-bond donors (Lipinski definition) is 2. The van der Waals surface area contributed by atoms with E-state index in [-0.39, 0.29) is 32.7 Å². The minimum absolute atomic E-state index is 0.0268. The molecule has 166 valence electrons. The van der Waals surface area contributed by atoms with Crippen molar-refractivity contribution >= 4 is 50.5 Å². The Hall–Kier alpha value is -2.98. The van der Waals surface area contributed by atoms with Gasteiger partial charge in [-0.1, -0.05) is 59.6 Å². The van der Waals surface area contributed by atoms with E-state index in [4.69, 9.17) is 23.2 Å². The molecule has 1 atom stereocenters. The van der Waals surface area contributed by atoms with Gasteiger partial charge in [0.1, 0.15) is 10.9 Å². The number of benzene rings is 3. The van der Waals surface area contributed by atoms with Crippen LogP contribution in [-0.4, -0.2) is 25.3 Å². The zero-order valence-corrected chi connectivity index (χ0v) is 18.7. The minimum Gasteiger partial charge on any atom is -0.324 e. The Labute approximate surface area is 194 Å². The van der Waals surface area contributed by atoms with Crippen LogP contribution in [0.4, 0.5) is 11.4 Å². The Kier molecular flexibility index (Phi) is 7.47. The zero-order chi connectivity index (χ0) is 23.3. The molecule has 8 nitrogen and oxygen atoms in total. The van der Waals surface area contributed by atoms with Gasteiger partial charge in [-0.05, 0) is 36.2 Å². The van der Waals surface area contributed by atoms with E-state index in [0.717, 1.165) is 0 Å². The molecule has 3 aromatic rings. The molecule has 0 saturated carbocycles. The van der Waals surface area contributed by atoms with Crippen LogP contribution in [0.15, 0.2) is 77.7 Å². The highest BCUT2D eigenvalue weighted by molar-refractivity contribution is 7.89. The largest absolute Gasteiger partial charge is 0.324 e. The van der Waals surface area contributed by atoms with E-state index in [9.17, 15) is 23.3 Å². The van der Waals surface area contributed by atoms with Gasteiger partial charge in [0.25, 0.3) is 5.69 Å². The van der Waals surface area contributed by atoms with Crippen molar-refractivity contribution in [3.05, 3.63) is 98.5 Å². The first-order valence-electron chi connectivity index (χ1n) is 9.22. The first kappa shape index (κ1) is 23.7. The average molecular weight is 494 g/mol. The van der Waals surface area contributed by atoms with Crippen LogP contribution >= 0.6 is 23.2 Å². The summed E-state index contributed by atoms with van der Waals surface area (Å²) in [6.07, 6.45) is 0.0268. The first-order chi connectivity index (χ1) is 15.2. The molecule has 0 spiro atoms. The van der Waals surface area contributed by atoms with Gasteiger partial charge >= 0.3 is 0 Å². The number of anilines is 1. The number of non-ortho nitro benzene ring substituents is 1. The average Bonchev–Trinajstić information content (AvgIpc) is 2.75. The van der Waals surface area contributed by atoms with Crippen molar-refractivity contribution in [1.29, 1.82) is 0 Å². The van der Waals surface area contributed by atoms with Crippen molar-refractivity contribution in [2.24, 2.45) is 0 Å². The number of halogens is 2. The minimum atomic E-state index is -4.23. The van der Waals surface area contributed by atoms with Gasteiger partial charge in [0.2, 0.25) is 15.9 Å². The van der Waals surface area contributed by atoms with E-state index in [0.29, 0.717) is 5.56 Å². The number of nitrogens with one attached hydrogen (secondary N) is 2. The molecule has 11 heteroatoms. The number of nitrogens with zero attached hydrogens (tertiary/aromatic N) is 1. The molecule has 0 radical (unpaired) electrons. The van der Waals surface area contributed by atoms with Gasteiger partial charge in [0.15, 0.2) is 0 Å². The fourth-order valence-electron chi connectivity index (χ4n) is 2.90. The van der Waals surface area contributed by atoms with E-state index >= 15 is 0 Å². The third kappa shape index (κ3) is 6.04. The summed E-state index contributed by atoms with van der Waals surface area (Å²) in [6.45, 7) is 0. The lowest BCUT2D eigenvalue weighted by molar-refractivity contribution is -0.384. The number of carbonyl (C=O) groups is 1. The van der Waals surface area contributed by atoms with Gasteiger partial charge < -0.3 is 5.32 Å². The lowest BCUT2D eigenvalue weighted by Crippen LogP contribution is -2.45. The van der Waals surface area contributed by atoms with Crippen molar-refractivity contribution < 1.29 is 18.1 Å². The lowest BCUT2D eigenvalue weighted by Gasteiger charge is -2.19. The summed E-state index contributed by atoms with van der Waals surface area (Å²) in [6, 6.07) is 16.9. The molecule has 3 rings (SSSR count). The summed E-state index contributed by atoms with van der Waals surface area (Å²) in [7, 11) is -4.23. The predicted octanol–water partition coefficient (Wildman–Crippen LogP) is 4.43. The Bertz CT molecular complexity index is 1250. The molecule has 2 N–H and O–H groups in total. The molecule has 0 unspecified atom stereocenters. The molecule has 0 aliphatic heterocycles. The molecule has 0 bridgehead atoms. The zero-order valence-electron chi connectivity index (χ0n) is 16.4. The maximum absolute atomic E-state index is 13.0. The fourth-order valence-corrected chi connectivity index (χ4v) is 4.86. The van der Waals surface area contributed by atoms with Crippen molar-refractivity contribution in [2.75, 3.05) is 5.32 Å². The SMILES string of the molecule is O=C(Nc1cccc([N+](=O)[O-])c1)[C@@H](Cc1ccccc1)NS(=O)(=O)c1cc(Cl)ccc1Cl. The highest BCUT2D eigenvalue weighted by Crippen LogP contribution is 2.25. The maximum atomic E-state index is 13.0. The smallest absolute Gasteiger partial charge is 0.271 e. The van der Waals surface area contributed by atoms with Crippen LogP contribution in [0.5, 0.6) is 0 Å². The highest BCUT2D eigenvalue weighted by atomic mass is 35.5. The number of amides is 1. The molecule has 1 amide bonds. The molecule has 32 heavy (non-hydrogen) atoms. The van der Waals surface area contributed by atoms with Gasteiger partial charge in [0, 0.05) is 22.8 Å². The van der Waals surface area contributed by atoms with Crippen molar-refractivity contribution in [2.45, 2.75) is 17.4 Å². The molecule has 3 aromatic carbocycles. The quantitative estimate of drug-likeness (QED) is 0.355.